The molecule has 2 N–H and O–H groups in total. The Morgan fingerprint density at radius 2 is 2.08 bits per heavy atom. The maximum atomic E-state index is 13.7. The first-order chi connectivity index (χ1) is 11.2. The van der Waals surface area contributed by atoms with Crippen LogP contribution in [-0.4, -0.2) is 22.6 Å². The molecule has 2 unspecified atom stereocenters. The number of fused-ring (bicyclic) bond motifs is 1. The van der Waals surface area contributed by atoms with E-state index in [1.165, 1.54) is 35.7 Å². The number of hydrogen-bond donors (Lipinski definition) is 2. The number of ether oxygens (including phenoxy) is 1. The van der Waals surface area contributed by atoms with Crippen molar-refractivity contribution in [1.82, 2.24) is 0 Å². The van der Waals surface area contributed by atoms with Crippen LogP contribution in [0.4, 0.5) is 18.9 Å². The molecule has 0 aliphatic carbocycles. The van der Waals surface area contributed by atoms with E-state index in [-0.39, 0.29) is 21.7 Å². The number of hydrogen-bond acceptors (Lipinski definition) is 4. The first-order valence-corrected chi connectivity index (χ1v) is 8.44. The molecule has 1 aromatic heterocycles. The normalized spacial score (nSPS) is 20.4. The average molecular weight is 373 g/mol. The van der Waals surface area contributed by atoms with Gasteiger partial charge in [0.05, 0.1) is 0 Å². The van der Waals surface area contributed by atoms with Crippen molar-refractivity contribution in [1.29, 1.82) is 0 Å². The number of nitrogens with one attached hydrogen (secondary N) is 1. The van der Waals surface area contributed by atoms with Gasteiger partial charge in [0.15, 0.2) is 0 Å². The second-order valence-corrected chi connectivity index (χ2v) is 6.92. The van der Waals surface area contributed by atoms with Crippen molar-refractivity contribution in [2.24, 2.45) is 0 Å². The first-order valence-electron chi connectivity index (χ1n) is 7.16. The van der Waals surface area contributed by atoms with E-state index in [0.29, 0.717) is 17.7 Å². The molecule has 2 heterocycles. The van der Waals surface area contributed by atoms with Gasteiger partial charge in [-0.2, -0.15) is 13.2 Å². The summed E-state index contributed by atoms with van der Waals surface area (Å²) in [7, 11) is 0. The Kier molecular flexibility index (Phi) is 4.31. The van der Waals surface area contributed by atoms with Gasteiger partial charge in [0.25, 0.3) is 5.17 Å². The van der Waals surface area contributed by atoms with Crippen molar-refractivity contribution in [3.8, 4) is 0 Å². The molecular formula is C16H14F3NO2S2. The molecule has 8 heteroatoms. The van der Waals surface area contributed by atoms with Crippen LogP contribution in [-0.2, 0) is 16.8 Å². The Morgan fingerprint density at radius 3 is 2.71 bits per heavy atom. The first kappa shape index (κ1) is 17.2. The Balaban J connectivity index is 2.13. The highest BCUT2D eigenvalue weighted by Crippen LogP contribution is 2.46. The molecule has 24 heavy (non-hydrogen) atoms. The van der Waals surface area contributed by atoms with Gasteiger partial charge in [0, 0.05) is 17.0 Å². The number of benzene rings is 1. The molecule has 3 rings (SSSR count). The van der Waals surface area contributed by atoms with E-state index in [9.17, 15) is 18.3 Å². The smallest absolute Gasteiger partial charge is 0.426 e. The Hall–Kier alpha value is -1.64. The summed E-state index contributed by atoms with van der Waals surface area (Å²) in [6.45, 7) is 1.78. The minimum absolute atomic E-state index is 0.170. The van der Waals surface area contributed by atoms with Crippen molar-refractivity contribution in [2.45, 2.75) is 31.2 Å². The molecule has 1 aliphatic heterocycles. The molecule has 2 aromatic rings. The Labute approximate surface area is 146 Å². The molecule has 0 saturated heterocycles. The lowest BCUT2D eigenvalue weighted by atomic mass is 9.89. The van der Waals surface area contributed by atoms with Crippen LogP contribution in [0.3, 0.4) is 0 Å². The van der Waals surface area contributed by atoms with Crippen LogP contribution in [0.5, 0.6) is 0 Å². The van der Waals surface area contributed by atoms with Crippen LogP contribution in [0.15, 0.2) is 35.7 Å². The van der Waals surface area contributed by atoms with Gasteiger partial charge >= 0.3 is 6.18 Å². The predicted molar refractivity (Wildman–Crippen MR) is 90.3 cm³/mol. The molecule has 0 amide bonds. The SMILES string of the molecule is CC1Cc2cc(C(O)(c3cccs3)C(F)(F)F)ccc2NC(=S)O1. The van der Waals surface area contributed by atoms with Gasteiger partial charge in [0.1, 0.15) is 6.10 Å². The summed E-state index contributed by atoms with van der Waals surface area (Å²) in [5.41, 5.74) is -2.08. The molecular weight excluding hydrogens is 359 g/mol. The molecule has 0 spiro atoms. The zero-order valence-electron chi connectivity index (χ0n) is 12.6. The third-order valence-electron chi connectivity index (χ3n) is 3.86. The van der Waals surface area contributed by atoms with Crippen LogP contribution in [0.25, 0.3) is 0 Å². The lowest BCUT2D eigenvalue weighted by molar-refractivity contribution is -0.247. The van der Waals surface area contributed by atoms with Crippen molar-refractivity contribution < 1.29 is 23.0 Å². The highest BCUT2D eigenvalue weighted by Gasteiger charge is 2.57. The maximum Gasteiger partial charge on any atom is 0.426 e. The van der Waals surface area contributed by atoms with Crippen molar-refractivity contribution in [3.63, 3.8) is 0 Å². The van der Waals surface area contributed by atoms with E-state index >= 15 is 0 Å². The molecule has 0 saturated carbocycles. The zero-order chi connectivity index (χ0) is 17.5. The number of thiocarbonyl (C=S) groups is 1. The molecule has 128 valence electrons. The summed E-state index contributed by atoms with van der Waals surface area (Å²) < 4.78 is 46.5. The number of halogens is 3. The standard InChI is InChI=1S/C16H14F3NO2S2/c1-9-7-10-8-11(4-5-12(10)20-14(23)22-9)15(21,16(17,18)19)13-3-2-6-24-13/h2-6,8-9,21H,7H2,1H3,(H,20,23). The van der Waals surface area contributed by atoms with E-state index < -0.39 is 11.8 Å². The topological polar surface area (TPSA) is 41.5 Å². The number of thiophene rings is 1. The number of rotatable bonds is 2. The summed E-state index contributed by atoms with van der Waals surface area (Å²) in [5, 5.41) is 15.1. The second-order valence-electron chi connectivity index (χ2n) is 5.60. The van der Waals surface area contributed by atoms with Crippen LogP contribution >= 0.6 is 23.6 Å². The van der Waals surface area contributed by atoms with Crippen molar-refractivity contribution in [3.05, 3.63) is 51.7 Å². The van der Waals surface area contributed by atoms with Gasteiger partial charge in [-0.05, 0) is 53.8 Å². The van der Waals surface area contributed by atoms with Crippen LogP contribution < -0.4 is 5.32 Å². The van der Waals surface area contributed by atoms with Gasteiger partial charge in [0.2, 0.25) is 5.60 Å². The summed E-state index contributed by atoms with van der Waals surface area (Å²) in [4.78, 5) is -0.170. The van der Waals surface area contributed by atoms with Crippen LogP contribution in [0.2, 0.25) is 0 Å². The fourth-order valence-corrected chi connectivity index (χ4v) is 3.85. The molecule has 0 fully saturated rings. The number of anilines is 1. The van der Waals surface area contributed by atoms with E-state index in [0.717, 1.165) is 11.3 Å². The fraction of sp³-hybridized carbons (Fsp3) is 0.312. The number of aliphatic hydroxyl groups is 1. The molecule has 1 aliphatic rings. The van der Waals surface area contributed by atoms with E-state index in [1.54, 1.807) is 6.92 Å². The summed E-state index contributed by atoms with van der Waals surface area (Å²) in [5.74, 6) is 0. The van der Waals surface area contributed by atoms with Gasteiger partial charge in [-0.1, -0.05) is 12.1 Å². The van der Waals surface area contributed by atoms with Crippen molar-refractivity contribution >= 4 is 34.4 Å². The second kappa shape index (κ2) is 6.02. The summed E-state index contributed by atoms with van der Waals surface area (Å²) >= 11 is 5.88. The van der Waals surface area contributed by atoms with Gasteiger partial charge < -0.3 is 15.2 Å². The summed E-state index contributed by atoms with van der Waals surface area (Å²) in [6.07, 6.45) is -4.74. The third-order valence-corrected chi connectivity index (χ3v) is 5.04. The minimum Gasteiger partial charge on any atom is -0.467 e. The lowest BCUT2D eigenvalue weighted by Gasteiger charge is -2.30. The average Bonchev–Trinajstić information content (AvgIpc) is 2.96. The van der Waals surface area contributed by atoms with Crippen LogP contribution in [0, 0.1) is 0 Å². The fourth-order valence-electron chi connectivity index (χ4n) is 2.71. The lowest BCUT2D eigenvalue weighted by Crippen LogP contribution is -2.42. The monoisotopic (exact) mass is 373 g/mol. The molecule has 1 aromatic carbocycles. The minimum atomic E-state index is -4.85. The van der Waals surface area contributed by atoms with Crippen molar-refractivity contribution in [2.75, 3.05) is 5.32 Å². The van der Waals surface area contributed by atoms with E-state index in [2.05, 4.69) is 5.32 Å². The third kappa shape index (κ3) is 2.89. The van der Waals surface area contributed by atoms with Crippen LogP contribution in [0.1, 0.15) is 22.9 Å². The quantitative estimate of drug-likeness (QED) is 0.774. The Morgan fingerprint density at radius 1 is 1.33 bits per heavy atom. The van der Waals surface area contributed by atoms with Gasteiger partial charge in [-0.3, -0.25) is 0 Å². The predicted octanol–water partition coefficient (Wildman–Crippen LogP) is 4.20. The highest BCUT2D eigenvalue weighted by atomic mass is 32.1. The highest BCUT2D eigenvalue weighted by molar-refractivity contribution is 7.80. The Bertz CT molecular complexity index is 761. The maximum absolute atomic E-state index is 13.7. The van der Waals surface area contributed by atoms with E-state index in [4.69, 9.17) is 17.0 Å². The van der Waals surface area contributed by atoms with Gasteiger partial charge in [-0.25, -0.2) is 0 Å². The van der Waals surface area contributed by atoms with Gasteiger partial charge in [-0.15, -0.1) is 11.3 Å². The largest absolute Gasteiger partial charge is 0.467 e. The zero-order valence-corrected chi connectivity index (χ0v) is 14.2. The molecule has 3 nitrogen and oxygen atoms in total. The van der Waals surface area contributed by atoms with E-state index in [1.807, 2.05) is 0 Å². The molecule has 2 atom stereocenters. The summed E-state index contributed by atoms with van der Waals surface area (Å²) in [6, 6.07) is 6.88. The molecule has 0 bridgehead atoms. The number of alkyl halides is 3. The molecule has 0 radical (unpaired) electrons.